The zero-order chi connectivity index (χ0) is 24.8. The van der Waals surface area contributed by atoms with Gasteiger partial charge < -0.3 is 16.6 Å². The van der Waals surface area contributed by atoms with Crippen LogP contribution in [0.3, 0.4) is 0 Å². The van der Waals surface area contributed by atoms with E-state index in [2.05, 4.69) is 15.9 Å². The number of nitrogens with two attached hydrogens (primary N) is 2. The molecular weight excluding hydrogens is 689 g/mol. The molecule has 12 heteroatoms. The van der Waals surface area contributed by atoms with E-state index in [1.54, 1.807) is 36.0 Å². The molecule has 4 aromatic rings. The van der Waals surface area contributed by atoms with Gasteiger partial charge in [0.05, 0.1) is 20.0 Å². The Morgan fingerprint density at radius 2 is 1.22 bits per heavy atom. The van der Waals surface area contributed by atoms with Gasteiger partial charge in [0, 0.05) is 41.6 Å². The van der Waals surface area contributed by atoms with Crippen molar-refractivity contribution in [1.82, 2.24) is 0 Å². The molecule has 5 N–H and O–H groups in total. The summed E-state index contributed by atoms with van der Waals surface area (Å²) in [7, 11) is 0. The van der Waals surface area contributed by atoms with Crippen molar-refractivity contribution in [2.45, 2.75) is 19.6 Å². The van der Waals surface area contributed by atoms with Gasteiger partial charge in [-0.3, -0.25) is 0 Å². The SMILES string of the molecule is Cl.Cl.Nc1ccc(Sc2ccc(Cl)cc2Cl)c(Br)c1.Nc1ccc(Sc2cccc(Cl)c2Cl)c(O)c1. The highest BCUT2D eigenvalue weighted by atomic mass is 79.9. The molecule has 0 spiro atoms. The first kappa shape index (κ1) is 33.2. The molecule has 0 aliphatic heterocycles. The fraction of sp³-hybridized carbons (Fsp3) is 0. The predicted octanol–water partition coefficient (Wildman–Crippen LogP) is 10.8. The number of benzene rings is 4. The molecule has 0 atom stereocenters. The second-order valence-electron chi connectivity index (χ2n) is 6.75. The molecule has 36 heavy (non-hydrogen) atoms. The highest BCUT2D eigenvalue weighted by Gasteiger charge is 2.09. The van der Waals surface area contributed by atoms with Crippen molar-refractivity contribution in [3.8, 4) is 5.75 Å². The maximum Gasteiger partial charge on any atom is 0.131 e. The summed E-state index contributed by atoms with van der Waals surface area (Å²) in [5.41, 5.74) is 12.5. The largest absolute Gasteiger partial charge is 0.507 e. The van der Waals surface area contributed by atoms with Crippen LogP contribution in [0.5, 0.6) is 5.75 Å². The number of aromatic hydroxyl groups is 1. The second-order valence-corrected chi connectivity index (χ2v) is 11.4. The zero-order valence-corrected chi connectivity index (χ0v) is 25.9. The van der Waals surface area contributed by atoms with Gasteiger partial charge in [0.2, 0.25) is 0 Å². The van der Waals surface area contributed by atoms with Gasteiger partial charge >= 0.3 is 0 Å². The van der Waals surface area contributed by atoms with Gasteiger partial charge in [-0.15, -0.1) is 24.8 Å². The lowest BCUT2D eigenvalue weighted by molar-refractivity contribution is 0.463. The molecule has 4 aromatic carbocycles. The molecule has 0 saturated heterocycles. The average Bonchev–Trinajstić information content (AvgIpc) is 2.77. The summed E-state index contributed by atoms with van der Waals surface area (Å²) < 4.78 is 0.952. The predicted molar refractivity (Wildman–Crippen MR) is 167 cm³/mol. The molecule has 4 rings (SSSR count). The van der Waals surface area contributed by atoms with Crippen LogP contribution in [0.1, 0.15) is 0 Å². The first-order valence-corrected chi connectivity index (χ1v) is 13.5. The highest BCUT2D eigenvalue weighted by Crippen LogP contribution is 2.41. The summed E-state index contributed by atoms with van der Waals surface area (Å²) in [5.74, 6) is 0.131. The van der Waals surface area contributed by atoms with E-state index in [0.29, 0.717) is 30.7 Å². The maximum atomic E-state index is 9.74. The Morgan fingerprint density at radius 3 is 1.83 bits per heavy atom. The summed E-state index contributed by atoms with van der Waals surface area (Å²) in [5, 5.41) is 12.0. The van der Waals surface area contributed by atoms with Gasteiger partial charge in [-0.05, 0) is 76.6 Å². The van der Waals surface area contributed by atoms with Crippen LogP contribution < -0.4 is 11.5 Å². The molecule has 0 aliphatic rings. The summed E-state index contributed by atoms with van der Waals surface area (Å²) in [4.78, 5) is 3.49. The first-order valence-electron chi connectivity index (χ1n) is 9.52. The number of nitrogen functional groups attached to an aromatic ring is 2. The minimum Gasteiger partial charge on any atom is -0.507 e. The van der Waals surface area contributed by atoms with E-state index in [1.165, 1.54) is 17.8 Å². The summed E-state index contributed by atoms with van der Waals surface area (Å²) in [6.45, 7) is 0. The third kappa shape index (κ3) is 9.50. The number of hydrogen-bond donors (Lipinski definition) is 3. The normalized spacial score (nSPS) is 9.92. The second kappa shape index (κ2) is 15.6. The van der Waals surface area contributed by atoms with Crippen molar-refractivity contribution in [1.29, 1.82) is 0 Å². The number of phenolic OH excluding ortho intramolecular Hbond substituents is 1. The molecule has 0 fully saturated rings. The number of phenols is 1. The lowest BCUT2D eigenvalue weighted by Crippen LogP contribution is -1.85. The molecule has 0 unspecified atom stereocenters. The summed E-state index contributed by atoms with van der Waals surface area (Å²) >= 11 is 30.3. The molecule has 0 heterocycles. The maximum absolute atomic E-state index is 9.74. The minimum atomic E-state index is 0. The molecule has 0 aliphatic carbocycles. The third-order valence-electron chi connectivity index (χ3n) is 4.19. The highest BCUT2D eigenvalue weighted by molar-refractivity contribution is 9.10. The Hall–Kier alpha value is -0.800. The smallest absolute Gasteiger partial charge is 0.131 e. The molecule has 0 saturated carbocycles. The van der Waals surface area contributed by atoms with Crippen LogP contribution in [-0.2, 0) is 0 Å². The van der Waals surface area contributed by atoms with Gasteiger partial charge in [0.15, 0.2) is 0 Å². The van der Waals surface area contributed by atoms with Crippen molar-refractivity contribution in [3.05, 3.63) is 97.4 Å². The van der Waals surface area contributed by atoms with E-state index in [9.17, 15) is 5.11 Å². The molecule has 3 nitrogen and oxygen atoms in total. The van der Waals surface area contributed by atoms with E-state index in [0.717, 1.165) is 24.8 Å². The Labute approximate surface area is 259 Å². The number of halogens is 7. The van der Waals surface area contributed by atoms with Gasteiger partial charge in [-0.25, -0.2) is 0 Å². The van der Waals surface area contributed by atoms with Crippen LogP contribution in [0.2, 0.25) is 20.1 Å². The van der Waals surface area contributed by atoms with Crippen molar-refractivity contribution in [2.24, 2.45) is 0 Å². The van der Waals surface area contributed by atoms with Crippen molar-refractivity contribution in [3.63, 3.8) is 0 Å². The molecule has 0 radical (unpaired) electrons. The fourth-order valence-corrected chi connectivity index (χ4v) is 5.92. The summed E-state index contributed by atoms with van der Waals surface area (Å²) in [6, 6.07) is 21.5. The molecule has 0 aromatic heterocycles. The van der Waals surface area contributed by atoms with Gasteiger partial charge in [0.25, 0.3) is 0 Å². The van der Waals surface area contributed by atoms with Crippen LogP contribution in [0.4, 0.5) is 11.4 Å². The quantitative estimate of drug-likeness (QED) is 0.184. The van der Waals surface area contributed by atoms with Crippen molar-refractivity contribution in [2.75, 3.05) is 11.5 Å². The molecule has 0 amide bonds. The van der Waals surface area contributed by atoms with E-state index in [4.69, 9.17) is 57.9 Å². The first-order chi connectivity index (χ1) is 16.1. The van der Waals surface area contributed by atoms with Crippen LogP contribution in [-0.4, -0.2) is 5.11 Å². The van der Waals surface area contributed by atoms with E-state index in [-0.39, 0.29) is 30.6 Å². The van der Waals surface area contributed by atoms with Gasteiger partial charge in [0.1, 0.15) is 5.75 Å². The number of anilines is 2. The fourth-order valence-electron chi connectivity index (χ4n) is 2.58. The Morgan fingerprint density at radius 1 is 0.639 bits per heavy atom. The summed E-state index contributed by atoms with van der Waals surface area (Å²) in [6.07, 6.45) is 0. The molecule has 192 valence electrons. The van der Waals surface area contributed by atoms with Crippen LogP contribution in [0.25, 0.3) is 0 Å². The number of rotatable bonds is 4. The van der Waals surface area contributed by atoms with Crippen LogP contribution in [0, 0.1) is 0 Å². The van der Waals surface area contributed by atoms with Gasteiger partial charge in [-0.2, -0.15) is 0 Å². The molecular formula is C24H19BrCl6N2OS2. The zero-order valence-electron chi connectivity index (χ0n) is 18.1. The van der Waals surface area contributed by atoms with Crippen LogP contribution >= 0.6 is 111 Å². The van der Waals surface area contributed by atoms with E-state index in [1.807, 2.05) is 42.5 Å². The Balaban J connectivity index is 0.000000341. The third-order valence-corrected chi connectivity index (χ3v) is 8.98. The molecule has 0 bridgehead atoms. The van der Waals surface area contributed by atoms with Crippen molar-refractivity contribution < 1.29 is 5.11 Å². The van der Waals surface area contributed by atoms with Gasteiger partial charge in [-0.1, -0.05) is 76.0 Å². The lowest BCUT2D eigenvalue weighted by Gasteiger charge is -2.07. The topological polar surface area (TPSA) is 72.3 Å². The Kier molecular flexibility index (Phi) is 14.4. The average molecular weight is 708 g/mol. The monoisotopic (exact) mass is 704 g/mol. The standard InChI is InChI=1S/C12H8BrCl2NS.C12H9Cl2NOS.2ClH/c13-9-6-8(16)2-4-11(9)17-12-3-1-7(14)5-10(12)15;13-8-2-1-3-11(12(8)14)17-10-5-4-7(15)6-9(10)16;;/h1-6H,16H2;1-6,16H,15H2;2*1H. The Bertz CT molecular complexity index is 1280. The van der Waals surface area contributed by atoms with Crippen molar-refractivity contribution >= 4 is 122 Å². The minimum absolute atomic E-state index is 0. The van der Waals surface area contributed by atoms with Crippen LogP contribution in [0.15, 0.2) is 96.9 Å². The van der Waals surface area contributed by atoms with E-state index < -0.39 is 0 Å². The lowest BCUT2D eigenvalue weighted by atomic mass is 10.3. The van der Waals surface area contributed by atoms with E-state index >= 15 is 0 Å². The number of hydrogen-bond acceptors (Lipinski definition) is 5.